The van der Waals surface area contributed by atoms with Crippen molar-refractivity contribution in [3.63, 3.8) is 0 Å². The van der Waals surface area contributed by atoms with Crippen LogP contribution in [0.4, 0.5) is 5.82 Å². The quantitative estimate of drug-likeness (QED) is 0.754. The van der Waals surface area contributed by atoms with E-state index >= 15 is 0 Å². The molecule has 3 rings (SSSR count). The molecule has 112 valence electrons. The monoisotopic (exact) mass is 295 g/mol. The molecule has 1 unspecified atom stereocenters. The molecule has 0 aliphatic carbocycles. The molecule has 0 amide bonds. The average molecular weight is 295 g/mol. The van der Waals surface area contributed by atoms with Gasteiger partial charge in [0.25, 0.3) is 0 Å². The number of hydrogen-bond acceptors (Lipinski definition) is 5. The smallest absolute Gasteiger partial charge is 0.175 e. The molecule has 1 atom stereocenters. The second kappa shape index (κ2) is 6.36. The Balaban J connectivity index is 1.75. The molecule has 0 bridgehead atoms. The molecule has 6 nitrogen and oxygen atoms in total. The number of anilines is 1. The first-order chi connectivity index (χ1) is 10.8. The summed E-state index contributed by atoms with van der Waals surface area (Å²) in [6.45, 7) is 1.90. The molecule has 0 saturated heterocycles. The van der Waals surface area contributed by atoms with Crippen LogP contribution in [0.25, 0.3) is 5.82 Å². The van der Waals surface area contributed by atoms with E-state index in [9.17, 15) is 5.11 Å². The Morgan fingerprint density at radius 3 is 2.50 bits per heavy atom. The van der Waals surface area contributed by atoms with Crippen LogP contribution in [0.2, 0.25) is 0 Å². The van der Waals surface area contributed by atoms with Gasteiger partial charge >= 0.3 is 0 Å². The van der Waals surface area contributed by atoms with E-state index in [0.29, 0.717) is 11.6 Å². The fourth-order valence-corrected chi connectivity index (χ4v) is 2.17. The second-order valence-corrected chi connectivity index (χ2v) is 4.97. The van der Waals surface area contributed by atoms with Crippen molar-refractivity contribution in [3.05, 3.63) is 66.0 Å². The molecule has 22 heavy (non-hydrogen) atoms. The molecule has 2 heterocycles. The molecule has 2 N–H and O–H groups in total. The maximum atomic E-state index is 9.55. The van der Waals surface area contributed by atoms with Crippen LogP contribution in [0.1, 0.15) is 17.3 Å². The third-order valence-electron chi connectivity index (χ3n) is 3.31. The predicted molar refractivity (Wildman–Crippen MR) is 83.8 cm³/mol. The van der Waals surface area contributed by atoms with Gasteiger partial charge in [0.1, 0.15) is 5.82 Å². The number of aryl methyl sites for hydroxylation is 1. The zero-order valence-corrected chi connectivity index (χ0v) is 12.2. The molecule has 3 aromatic rings. The lowest BCUT2D eigenvalue weighted by molar-refractivity contribution is 0.276. The lowest BCUT2D eigenvalue weighted by Gasteiger charge is -2.16. The van der Waals surface area contributed by atoms with Crippen molar-refractivity contribution in [2.45, 2.75) is 13.0 Å². The van der Waals surface area contributed by atoms with Gasteiger partial charge in [-0.05, 0) is 30.7 Å². The summed E-state index contributed by atoms with van der Waals surface area (Å²) >= 11 is 0. The zero-order chi connectivity index (χ0) is 15.4. The van der Waals surface area contributed by atoms with Gasteiger partial charge in [0, 0.05) is 6.20 Å². The Kier molecular flexibility index (Phi) is 4.11. The summed E-state index contributed by atoms with van der Waals surface area (Å²) in [5, 5.41) is 25.3. The number of hydrogen-bond donors (Lipinski definition) is 2. The van der Waals surface area contributed by atoms with Crippen LogP contribution in [0.5, 0.6) is 0 Å². The van der Waals surface area contributed by atoms with E-state index in [-0.39, 0.29) is 12.6 Å². The lowest BCUT2D eigenvalue weighted by atomic mass is 10.1. The second-order valence-electron chi connectivity index (χ2n) is 4.97. The molecule has 0 saturated carbocycles. The summed E-state index contributed by atoms with van der Waals surface area (Å²) in [5.74, 6) is 1.26. The highest BCUT2D eigenvalue weighted by molar-refractivity contribution is 5.39. The number of benzene rings is 1. The van der Waals surface area contributed by atoms with Crippen molar-refractivity contribution >= 4 is 5.82 Å². The molecule has 0 aliphatic rings. The molecule has 0 fully saturated rings. The Hall–Kier alpha value is -2.73. The third-order valence-corrected chi connectivity index (χ3v) is 3.31. The lowest BCUT2D eigenvalue weighted by Crippen LogP contribution is -2.16. The standard InChI is InChI=1S/C16H17N5O/c1-12-9-10-21(20-12)16-8-7-15(18-19-16)17-14(11-22)13-5-3-2-4-6-13/h2-10,14,22H,11H2,1H3,(H,17,18). The van der Waals surface area contributed by atoms with Crippen molar-refractivity contribution in [3.8, 4) is 5.82 Å². The summed E-state index contributed by atoms with van der Waals surface area (Å²) in [6.07, 6.45) is 1.84. The van der Waals surface area contributed by atoms with E-state index in [1.165, 1.54) is 0 Å². The van der Waals surface area contributed by atoms with Gasteiger partial charge in [-0.15, -0.1) is 10.2 Å². The summed E-state index contributed by atoms with van der Waals surface area (Å²) < 4.78 is 1.67. The minimum atomic E-state index is -0.215. The molecule has 1 aromatic carbocycles. The molecule has 0 radical (unpaired) electrons. The first-order valence-electron chi connectivity index (χ1n) is 7.05. The van der Waals surface area contributed by atoms with Gasteiger partial charge in [0.15, 0.2) is 5.82 Å². The fourth-order valence-electron chi connectivity index (χ4n) is 2.17. The molecule has 0 aliphatic heterocycles. The van der Waals surface area contributed by atoms with Crippen LogP contribution in [-0.2, 0) is 0 Å². The van der Waals surface area contributed by atoms with Crippen LogP contribution in [0.3, 0.4) is 0 Å². The first kappa shape index (κ1) is 14.2. The van der Waals surface area contributed by atoms with Gasteiger partial charge < -0.3 is 10.4 Å². The maximum Gasteiger partial charge on any atom is 0.175 e. The topological polar surface area (TPSA) is 75.9 Å². The summed E-state index contributed by atoms with van der Waals surface area (Å²) in [4.78, 5) is 0. The highest BCUT2D eigenvalue weighted by atomic mass is 16.3. The van der Waals surface area contributed by atoms with E-state index in [4.69, 9.17) is 0 Å². The fraction of sp³-hybridized carbons (Fsp3) is 0.188. The van der Waals surface area contributed by atoms with E-state index in [1.54, 1.807) is 4.68 Å². The summed E-state index contributed by atoms with van der Waals surface area (Å²) in [6, 6.07) is 15.1. The molecular formula is C16H17N5O. The average Bonchev–Trinajstić information content (AvgIpc) is 3.00. The Labute approximate surface area is 128 Å². The number of nitrogens with zero attached hydrogens (tertiary/aromatic N) is 4. The summed E-state index contributed by atoms with van der Waals surface area (Å²) in [5.41, 5.74) is 1.92. The van der Waals surface area contributed by atoms with Crippen LogP contribution >= 0.6 is 0 Å². The van der Waals surface area contributed by atoms with E-state index in [2.05, 4.69) is 20.6 Å². The largest absolute Gasteiger partial charge is 0.394 e. The van der Waals surface area contributed by atoms with Crippen LogP contribution in [0, 0.1) is 6.92 Å². The first-order valence-corrected chi connectivity index (χ1v) is 7.05. The van der Waals surface area contributed by atoms with Gasteiger partial charge in [0.05, 0.1) is 18.3 Å². The number of aromatic nitrogens is 4. The maximum absolute atomic E-state index is 9.55. The minimum absolute atomic E-state index is 0.0220. The van der Waals surface area contributed by atoms with Gasteiger partial charge in [-0.2, -0.15) is 5.10 Å². The van der Waals surface area contributed by atoms with Crippen molar-refractivity contribution in [2.75, 3.05) is 11.9 Å². The zero-order valence-electron chi connectivity index (χ0n) is 12.2. The van der Waals surface area contributed by atoms with E-state index < -0.39 is 0 Å². The van der Waals surface area contributed by atoms with E-state index in [1.807, 2.05) is 61.7 Å². The summed E-state index contributed by atoms with van der Waals surface area (Å²) in [7, 11) is 0. The van der Waals surface area contributed by atoms with Crippen LogP contribution in [0.15, 0.2) is 54.7 Å². The van der Waals surface area contributed by atoms with Gasteiger partial charge in [0.2, 0.25) is 0 Å². The van der Waals surface area contributed by atoms with Crippen molar-refractivity contribution in [2.24, 2.45) is 0 Å². The Morgan fingerprint density at radius 1 is 1.09 bits per heavy atom. The highest BCUT2D eigenvalue weighted by Gasteiger charge is 2.11. The number of aliphatic hydroxyl groups is 1. The normalized spacial score (nSPS) is 12.1. The molecular weight excluding hydrogens is 278 g/mol. The third kappa shape index (κ3) is 3.12. The predicted octanol–water partition coefficient (Wildman–Crippen LogP) is 2.12. The number of rotatable bonds is 5. The van der Waals surface area contributed by atoms with Gasteiger partial charge in [-0.1, -0.05) is 30.3 Å². The van der Waals surface area contributed by atoms with Gasteiger partial charge in [-0.3, -0.25) is 0 Å². The SMILES string of the molecule is Cc1ccn(-c2ccc(NC(CO)c3ccccc3)nn2)n1. The molecule has 2 aromatic heterocycles. The van der Waals surface area contributed by atoms with Crippen LogP contribution < -0.4 is 5.32 Å². The van der Waals surface area contributed by atoms with Gasteiger partial charge in [-0.25, -0.2) is 4.68 Å². The van der Waals surface area contributed by atoms with Crippen molar-refractivity contribution < 1.29 is 5.11 Å². The molecule has 0 spiro atoms. The van der Waals surface area contributed by atoms with E-state index in [0.717, 1.165) is 11.3 Å². The van der Waals surface area contributed by atoms with Crippen molar-refractivity contribution in [1.29, 1.82) is 0 Å². The minimum Gasteiger partial charge on any atom is -0.394 e. The number of aliphatic hydroxyl groups excluding tert-OH is 1. The van der Waals surface area contributed by atoms with Crippen LogP contribution in [-0.4, -0.2) is 31.7 Å². The Bertz CT molecular complexity index is 724. The Morgan fingerprint density at radius 2 is 1.91 bits per heavy atom. The van der Waals surface area contributed by atoms with Crippen molar-refractivity contribution in [1.82, 2.24) is 20.0 Å². The number of nitrogens with one attached hydrogen (secondary N) is 1. The highest BCUT2D eigenvalue weighted by Crippen LogP contribution is 2.17. The molecule has 6 heteroatoms.